The first-order chi connectivity index (χ1) is 10.3. The lowest BCUT2D eigenvalue weighted by molar-refractivity contribution is 0.0477. The van der Waals surface area contributed by atoms with Crippen LogP contribution in [-0.4, -0.2) is 41.0 Å². The van der Waals surface area contributed by atoms with Gasteiger partial charge in [0.15, 0.2) is 0 Å². The molecule has 22 heavy (non-hydrogen) atoms. The highest BCUT2D eigenvalue weighted by Crippen LogP contribution is 2.24. The van der Waals surface area contributed by atoms with Crippen LogP contribution >= 0.6 is 0 Å². The summed E-state index contributed by atoms with van der Waals surface area (Å²) in [5.41, 5.74) is -0.456. The second-order valence-corrected chi connectivity index (χ2v) is 7.83. The Morgan fingerprint density at radius 3 is 2.41 bits per heavy atom. The molecule has 0 aromatic carbocycles. The average molecular weight is 312 g/mol. The number of carbonyl (C=O) groups excluding carboxylic acids is 1. The molecular formula is C17H32N2O3. The third kappa shape index (κ3) is 5.76. The number of carbonyl (C=O) groups is 1. The fraction of sp³-hybridized carbons (Fsp3) is 0.941. The Labute approximate surface area is 134 Å². The van der Waals surface area contributed by atoms with E-state index in [1.54, 1.807) is 0 Å². The molecular weight excluding hydrogens is 280 g/mol. The van der Waals surface area contributed by atoms with Crippen molar-refractivity contribution in [1.82, 2.24) is 10.6 Å². The summed E-state index contributed by atoms with van der Waals surface area (Å²) in [4.78, 5) is 11.9. The van der Waals surface area contributed by atoms with Crippen molar-refractivity contribution in [2.45, 2.75) is 102 Å². The standard InChI is InChI=1S/C17H32N2O3/c1-17(2,3)22-16(21)19-13-8-6-7-12(11-13)18-14-9-4-5-10-15(14)20/h12-15,18,20H,4-11H2,1-3H3,(H,19,21). The predicted octanol–water partition coefficient (Wildman–Crippen LogP) is 2.72. The van der Waals surface area contributed by atoms with Crippen LogP contribution in [0.25, 0.3) is 0 Å². The van der Waals surface area contributed by atoms with Crippen LogP contribution in [0.3, 0.4) is 0 Å². The van der Waals surface area contributed by atoms with Crippen molar-refractivity contribution >= 4 is 6.09 Å². The van der Waals surface area contributed by atoms with Gasteiger partial charge in [0.05, 0.1) is 6.10 Å². The SMILES string of the molecule is CC(C)(C)OC(=O)NC1CCCC(NC2CCCCC2O)C1. The van der Waals surface area contributed by atoms with Crippen molar-refractivity contribution in [3.63, 3.8) is 0 Å². The molecule has 0 bridgehead atoms. The number of ether oxygens (including phenoxy) is 1. The highest BCUT2D eigenvalue weighted by atomic mass is 16.6. The minimum atomic E-state index is -0.456. The molecule has 0 saturated heterocycles. The first kappa shape index (κ1) is 17.5. The van der Waals surface area contributed by atoms with Gasteiger partial charge in [0, 0.05) is 18.1 Å². The van der Waals surface area contributed by atoms with Crippen molar-refractivity contribution in [2.75, 3.05) is 0 Å². The fourth-order valence-corrected chi connectivity index (χ4v) is 3.55. The minimum absolute atomic E-state index is 0.168. The Bertz CT molecular complexity index is 367. The van der Waals surface area contributed by atoms with Gasteiger partial charge in [0.1, 0.15) is 5.60 Å². The van der Waals surface area contributed by atoms with Crippen molar-refractivity contribution in [3.05, 3.63) is 0 Å². The number of amides is 1. The third-order valence-corrected chi connectivity index (χ3v) is 4.57. The van der Waals surface area contributed by atoms with Crippen molar-refractivity contribution in [1.29, 1.82) is 0 Å². The zero-order valence-electron chi connectivity index (χ0n) is 14.2. The molecule has 2 rings (SSSR count). The lowest BCUT2D eigenvalue weighted by atomic mass is 9.87. The molecule has 0 heterocycles. The molecule has 2 saturated carbocycles. The number of hydrogen-bond donors (Lipinski definition) is 3. The molecule has 2 fully saturated rings. The second-order valence-electron chi connectivity index (χ2n) is 7.83. The van der Waals surface area contributed by atoms with E-state index >= 15 is 0 Å². The van der Waals surface area contributed by atoms with E-state index in [0.717, 1.165) is 44.9 Å². The number of aliphatic hydroxyl groups is 1. The van der Waals surface area contributed by atoms with Gasteiger partial charge in [-0.05, 0) is 59.3 Å². The van der Waals surface area contributed by atoms with Crippen LogP contribution in [0.5, 0.6) is 0 Å². The van der Waals surface area contributed by atoms with Crippen molar-refractivity contribution < 1.29 is 14.6 Å². The van der Waals surface area contributed by atoms with Crippen LogP contribution in [0.1, 0.15) is 72.1 Å². The van der Waals surface area contributed by atoms with Gasteiger partial charge in [-0.3, -0.25) is 0 Å². The van der Waals surface area contributed by atoms with E-state index in [0.29, 0.717) is 6.04 Å². The second kappa shape index (κ2) is 7.64. The molecule has 0 spiro atoms. The van der Waals surface area contributed by atoms with Crippen molar-refractivity contribution in [2.24, 2.45) is 0 Å². The smallest absolute Gasteiger partial charge is 0.407 e. The highest BCUT2D eigenvalue weighted by molar-refractivity contribution is 5.68. The van der Waals surface area contributed by atoms with Crippen LogP contribution < -0.4 is 10.6 Å². The van der Waals surface area contributed by atoms with E-state index < -0.39 is 5.60 Å². The highest BCUT2D eigenvalue weighted by Gasteiger charge is 2.29. The lowest BCUT2D eigenvalue weighted by Gasteiger charge is -2.36. The Morgan fingerprint density at radius 1 is 1.05 bits per heavy atom. The van der Waals surface area contributed by atoms with E-state index in [1.807, 2.05) is 20.8 Å². The molecule has 5 heteroatoms. The molecule has 0 aromatic heterocycles. The number of hydrogen-bond acceptors (Lipinski definition) is 4. The summed E-state index contributed by atoms with van der Waals surface area (Å²) in [5, 5.41) is 16.7. The summed E-state index contributed by atoms with van der Waals surface area (Å²) in [6.45, 7) is 5.63. The summed E-state index contributed by atoms with van der Waals surface area (Å²) >= 11 is 0. The Morgan fingerprint density at radius 2 is 1.73 bits per heavy atom. The van der Waals surface area contributed by atoms with Crippen LogP contribution in [-0.2, 0) is 4.74 Å². The monoisotopic (exact) mass is 312 g/mol. The Hall–Kier alpha value is -0.810. The molecule has 4 atom stereocenters. The maximum atomic E-state index is 11.9. The predicted molar refractivity (Wildman–Crippen MR) is 86.8 cm³/mol. The number of rotatable bonds is 3. The topological polar surface area (TPSA) is 70.6 Å². The molecule has 2 aliphatic carbocycles. The normalized spacial score (nSPS) is 33.3. The Kier molecular flexibility index (Phi) is 6.09. The Balaban J connectivity index is 1.77. The van der Waals surface area contributed by atoms with Gasteiger partial charge in [0.2, 0.25) is 0 Å². The zero-order valence-corrected chi connectivity index (χ0v) is 14.2. The van der Waals surface area contributed by atoms with Crippen molar-refractivity contribution in [3.8, 4) is 0 Å². The largest absolute Gasteiger partial charge is 0.444 e. The quantitative estimate of drug-likeness (QED) is 0.749. The molecule has 0 aliphatic heterocycles. The fourth-order valence-electron chi connectivity index (χ4n) is 3.55. The van der Waals surface area contributed by atoms with E-state index in [9.17, 15) is 9.90 Å². The zero-order chi connectivity index (χ0) is 16.2. The molecule has 0 aromatic rings. The van der Waals surface area contributed by atoms with Gasteiger partial charge in [-0.15, -0.1) is 0 Å². The van der Waals surface area contributed by atoms with Gasteiger partial charge in [0.25, 0.3) is 0 Å². The van der Waals surface area contributed by atoms with E-state index in [2.05, 4.69) is 10.6 Å². The van der Waals surface area contributed by atoms with Gasteiger partial charge in [-0.2, -0.15) is 0 Å². The van der Waals surface area contributed by atoms with Gasteiger partial charge in [-0.25, -0.2) is 4.79 Å². The van der Waals surface area contributed by atoms with Gasteiger partial charge < -0.3 is 20.5 Å². The molecule has 4 unspecified atom stereocenters. The number of alkyl carbamates (subject to hydrolysis) is 1. The van der Waals surface area contributed by atoms with E-state index in [4.69, 9.17) is 4.74 Å². The number of nitrogens with one attached hydrogen (secondary N) is 2. The minimum Gasteiger partial charge on any atom is -0.444 e. The van der Waals surface area contributed by atoms with Gasteiger partial charge in [-0.1, -0.05) is 12.8 Å². The first-order valence-electron chi connectivity index (χ1n) is 8.77. The molecule has 2 aliphatic rings. The van der Waals surface area contributed by atoms with Crippen LogP contribution in [0.2, 0.25) is 0 Å². The van der Waals surface area contributed by atoms with Gasteiger partial charge >= 0.3 is 6.09 Å². The lowest BCUT2D eigenvalue weighted by Crippen LogP contribution is -2.51. The third-order valence-electron chi connectivity index (χ3n) is 4.57. The summed E-state index contributed by atoms with van der Waals surface area (Å²) in [6, 6.07) is 0.771. The number of aliphatic hydroxyl groups excluding tert-OH is 1. The summed E-state index contributed by atoms with van der Waals surface area (Å²) in [5.74, 6) is 0. The van der Waals surface area contributed by atoms with Crippen LogP contribution in [0.15, 0.2) is 0 Å². The molecule has 1 amide bonds. The molecule has 128 valence electrons. The molecule has 5 nitrogen and oxygen atoms in total. The molecule has 3 N–H and O–H groups in total. The van der Waals surface area contributed by atoms with Crippen LogP contribution in [0.4, 0.5) is 4.79 Å². The summed E-state index contributed by atoms with van der Waals surface area (Å²) in [7, 11) is 0. The molecule has 0 radical (unpaired) electrons. The maximum absolute atomic E-state index is 11.9. The summed E-state index contributed by atoms with van der Waals surface area (Å²) < 4.78 is 5.33. The average Bonchev–Trinajstić information content (AvgIpc) is 2.39. The van der Waals surface area contributed by atoms with E-state index in [-0.39, 0.29) is 24.3 Å². The maximum Gasteiger partial charge on any atom is 0.407 e. The van der Waals surface area contributed by atoms with Crippen LogP contribution in [0, 0.1) is 0 Å². The van der Waals surface area contributed by atoms with E-state index in [1.165, 1.54) is 6.42 Å². The summed E-state index contributed by atoms with van der Waals surface area (Å²) in [6.07, 6.45) is 7.90. The first-order valence-corrected chi connectivity index (χ1v) is 8.77.